The van der Waals surface area contributed by atoms with E-state index in [9.17, 15) is 18.4 Å². The molecule has 2 aromatic carbocycles. The van der Waals surface area contributed by atoms with E-state index in [2.05, 4.69) is 17.2 Å². The van der Waals surface area contributed by atoms with Gasteiger partial charge in [0, 0.05) is 19.2 Å². The molecule has 0 spiro atoms. The highest BCUT2D eigenvalue weighted by Gasteiger charge is 2.19. The predicted octanol–water partition coefficient (Wildman–Crippen LogP) is 2.88. The van der Waals surface area contributed by atoms with Crippen LogP contribution in [0, 0.1) is 11.6 Å². The van der Waals surface area contributed by atoms with E-state index in [0.717, 1.165) is 18.2 Å². The van der Waals surface area contributed by atoms with Crippen LogP contribution >= 0.6 is 0 Å². The van der Waals surface area contributed by atoms with E-state index < -0.39 is 23.6 Å². The SMILES string of the molecule is C=CC(=O)NCc1ccccc1C(=O)NC(COC)c1ccc(F)c(F)c1. The third-order valence-electron chi connectivity index (χ3n) is 3.89. The molecule has 0 saturated carbocycles. The van der Waals surface area contributed by atoms with E-state index >= 15 is 0 Å². The predicted molar refractivity (Wildman–Crippen MR) is 96.9 cm³/mol. The van der Waals surface area contributed by atoms with Gasteiger partial charge in [-0.1, -0.05) is 30.8 Å². The van der Waals surface area contributed by atoms with Gasteiger partial charge in [0.1, 0.15) is 0 Å². The Morgan fingerprint density at radius 3 is 2.59 bits per heavy atom. The van der Waals surface area contributed by atoms with Crippen molar-refractivity contribution >= 4 is 11.8 Å². The molecule has 0 saturated heterocycles. The fourth-order valence-corrected chi connectivity index (χ4v) is 2.50. The maximum Gasteiger partial charge on any atom is 0.252 e. The molecule has 142 valence electrons. The van der Waals surface area contributed by atoms with Crippen LogP contribution in [-0.4, -0.2) is 25.5 Å². The molecule has 27 heavy (non-hydrogen) atoms. The van der Waals surface area contributed by atoms with Gasteiger partial charge in [0.2, 0.25) is 5.91 Å². The standard InChI is InChI=1S/C20H20F2N2O3/c1-3-19(25)23-11-14-6-4-5-7-15(14)20(26)24-18(12-27-2)13-8-9-16(21)17(22)10-13/h3-10,18H,1,11-12H2,2H3,(H,23,25)(H,24,26). The number of ether oxygens (including phenoxy) is 1. The maximum absolute atomic E-state index is 13.5. The number of hydrogen-bond acceptors (Lipinski definition) is 3. The molecule has 0 aromatic heterocycles. The normalized spacial score (nSPS) is 11.5. The third-order valence-corrected chi connectivity index (χ3v) is 3.89. The highest BCUT2D eigenvalue weighted by molar-refractivity contribution is 5.96. The largest absolute Gasteiger partial charge is 0.382 e. The number of carbonyl (C=O) groups is 2. The Kier molecular flexibility index (Phi) is 7.19. The summed E-state index contributed by atoms with van der Waals surface area (Å²) in [5, 5.41) is 5.37. The summed E-state index contributed by atoms with van der Waals surface area (Å²) in [7, 11) is 1.44. The zero-order valence-corrected chi connectivity index (χ0v) is 14.8. The van der Waals surface area contributed by atoms with Gasteiger partial charge in [0.05, 0.1) is 12.6 Å². The van der Waals surface area contributed by atoms with E-state index in [1.807, 2.05) is 0 Å². The van der Waals surface area contributed by atoms with Crippen molar-refractivity contribution < 1.29 is 23.1 Å². The molecule has 0 bridgehead atoms. The van der Waals surface area contributed by atoms with Crippen LogP contribution in [0.2, 0.25) is 0 Å². The summed E-state index contributed by atoms with van der Waals surface area (Å²) in [6.07, 6.45) is 1.14. The van der Waals surface area contributed by atoms with Gasteiger partial charge >= 0.3 is 0 Å². The van der Waals surface area contributed by atoms with Gasteiger partial charge in [-0.25, -0.2) is 8.78 Å². The van der Waals surface area contributed by atoms with Gasteiger partial charge in [0.25, 0.3) is 5.91 Å². The van der Waals surface area contributed by atoms with Crippen LogP contribution < -0.4 is 10.6 Å². The van der Waals surface area contributed by atoms with Crippen molar-refractivity contribution in [3.8, 4) is 0 Å². The van der Waals surface area contributed by atoms with Gasteiger partial charge in [-0.2, -0.15) is 0 Å². The van der Waals surface area contributed by atoms with Gasteiger partial charge < -0.3 is 15.4 Å². The molecule has 0 fully saturated rings. The average molecular weight is 374 g/mol. The lowest BCUT2D eigenvalue weighted by atomic mass is 10.0. The lowest BCUT2D eigenvalue weighted by molar-refractivity contribution is -0.116. The van der Waals surface area contributed by atoms with Gasteiger partial charge in [0.15, 0.2) is 11.6 Å². The Labute approximate surface area is 156 Å². The smallest absolute Gasteiger partial charge is 0.252 e. The summed E-state index contributed by atoms with van der Waals surface area (Å²) in [4.78, 5) is 24.1. The lowest BCUT2D eigenvalue weighted by Gasteiger charge is -2.20. The van der Waals surface area contributed by atoms with Crippen molar-refractivity contribution in [2.24, 2.45) is 0 Å². The molecular weight excluding hydrogens is 354 g/mol. The van der Waals surface area contributed by atoms with Gasteiger partial charge in [-0.15, -0.1) is 0 Å². The van der Waals surface area contributed by atoms with Gasteiger partial charge in [-0.05, 0) is 35.4 Å². The second kappa shape index (κ2) is 9.59. The minimum atomic E-state index is -1.00. The molecule has 2 rings (SSSR count). The summed E-state index contributed by atoms with van der Waals surface area (Å²) in [6, 6.07) is 9.49. The van der Waals surface area contributed by atoms with Crippen LogP contribution in [0.1, 0.15) is 27.5 Å². The minimum Gasteiger partial charge on any atom is -0.382 e. The first kappa shape index (κ1) is 20.3. The van der Waals surface area contributed by atoms with E-state index in [0.29, 0.717) is 16.7 Å². The van der Waals surface area contributed by atoms with Crippen LogP contribution in [-0.2, 0) is 16.1 Å². The maximum atomic E-state index is 13.5. The Bertz CT molecular complexity index is 840. The molecule has 5 nitrogen and oxygen atoms in total. The summed E-state index contributed by atoms with van der Waals surface area (Å²) >= 11 is 0. The summed E-state index contributed by atoms with van der Waals surface area (Å²) in [5.41, 5.74) is 1.33. The first-order valence-corrected chi connectivity index (χ1v) is 8.19. The minimum absolute atomic E-state index is 0.0756. The number of nitrogens with one attached hydrogen (secondary N) is 2. The first-order chi connectivity index (χ1) is 13.0. The summed E-state index contributed by atoms with van der Waals surface area (Å²) in [6.45, 7) is 3.60. The Morgan fingerprint density at radius 2 is 1.93 bits per heavy atom. The number of amides is 2. The van der Waals surface area contributed by atoms with E-state index in [1.165, 1.54) is 13.2 Å². The number of methoxy groups -OCH3 is 1. The molecule has 0 radical (unpaired) electrons. The number of carbonyl (C=O) groups excluding carboxylic acids is 2. The van der Waals surface area contributed by atoms with E-state index in [1.54, 1.807) is 24.3 Å². The molecular formula is C20H20F2N2O3. The van der Waals surface area contributed by atoms with Crippen LogP contribution in [0.3, 0.4) is 0 Å². The molecule has 2 aromatic rings. The number of hydrogen-bond donors (Lipinski definition) is 2. The topological polar surface area (TPSA) is 67.4 Å². The Hall–Kier alpha value is -3.06. The second-order valence-electron chi connectivity index (χ2n) is 5.73. The van der Waals surface area contributed by atoms with E-state index in [4.69, 9.17) is 4.74 Å². The second-order valence-corrected chi connectivity index (χ2v) is 5.73. The molecule has 2 amide bonds. The van der Waals surface area contributed by atoms with Crippen molar-refractivity contribution in [2.45, 2.75) is 12.6 Å². The van der Waals surface area contributed by atoms with Gasteiger partial charge in [-0.3, -0.25) is 9.59 Å². The molecule has 0 heterocycles. The van der Waals surface area contributed by atoms with Crippen molar-refractivity contribution in [1.29, 1.82) is 0 Å². The molecule has 1 unspecified atom stereocenters. The van der Waals surface area contributed by atoms with Crippen molar-refractivity contribution in [3.63, 3.8) is 0 Å². The summed E-state index contributed by atoms with van der Waals surface area (Å²) in [5.74, 6) is -2.76. The first-order valence-electron chi connectivity index (χ1n) is 8.19. The molecule has 0 aliphatic carbocycles. The molecule has 0 aliphatic heterocycles. The fraction of sp³-hybridized carbons (Fsp3) is 0.200. The van der Waals surface area contributed by atoms with Crippen LogP contribution in [0.25, 0.3) is 0 Å². The summed E-state index contributed by atoms with van der Waals surface area (Å²) < 4.78 is 31.8. The number of benzene rings is 2. The van der Waals surface area contributed by atoms with Crippen LogP contribution in [0.5, 0.6) is 0 Å². The monoisotopic (exact) mass is 374 g/mol. The van der Waals surface area contributed by atoms with Crippen LogP contribution in [0.4, 0.5) is 8.78 Å². The number of rotatable bonds is 8. The zero-order chi connectivity index (χ0) is 19.8. The fourth-order valence-electron chi connectivity index (χ4n) is 2.50. The van der Waals surface area contributed by atoms with Crippen molar-refractivity contribution in [3.05, 3.63) is 83.4 Å². The third kappa shape index (κ3) is 5.46. The number of halogens is 2. The molecule has 7 heteroatoms. The highest BCUT2D eigenvalue weighted by Crippen LogP contribution is 2.18. The highest BCUT2D eigenvalue weighted by atomic mass is 19.2. The molecule has 0 aliphatic rings. The average Bonchev–Trinajstić information content (AvgIpc) is 2.68. The van der Waals surface area contributed by atoms with Crippen molar-refractivity contribution in [2.75, 3.05) is 13.7 Å². The molecule has 2 N–H and O–H groups in total. The quantitative estimate of drug-likeness (QED) is 0.698. The van der Waals surface area contributed by atoms with Crippen molar-refractivity contribution in [1.82, 2.24) is 10.6 Å². The Morgan fingerprint density at radius 1 is 1.19 bits per heavy atom. The van der Waals surface area contributed by atoms with Crippen LogP contribution in [0.15, 0.2) is 55.1 Å². The van der Waals surface area contributed by atoms with E-state index in [-0.39, 0.29) is 19.1 Å². The zero-order valence-electron chi connectivity index (χ0n) is 14.8. The lowest BCUT2D eigenvalue weighted by Crippen LogP contribution is -2.32. The molecule has 1 atom stereocenters. The Balaban J connectivity index is 2.21.